The second-order valence-corrected chi connectivity index (χ2v) is 6.54. The van der Waals surface area contributed by atoms with Gasteiger partial charge in [-0.15, -0.1) is 23.7 Å². The number of hydrogen-bond donors (Lipinski definition) is 2. The molecule has 0 spiro atoms. The predicted molar refractivity (Wildman–Crippen MR) is 93.6 cm³/mol. The number of hydrogen-bond acceptors (Lipinski definition) is 4. The van der Waals surface area contributed by atoms with E-state index in [0.29, 0.717) is 17.1 Å². The van der Waals surface area contributed by atoms with E-state index in [2.05, 4.69) is 17.3 Å². The Hall–Kier alpha value is -1.56. The minimum absolute atomic E-state index is 0. The second-order valence-electron chi connectivity index (χ2n) is 5.40. The molecule has 1 aliphatic rings. The summed E-state index contributed by atoms with van der Waals surface area (Å²) in [6, 6.07) is 9.91. The lowest BCUT2D eigenvalue weighted by Gasteiger charge is -2.22. The number of nitrogen functional groups attached to an aromatic ring is 1. The number of nitrogens with one attached hydrogen (secondary N) is 1. The van der Waals surface area contributed by atoms with Gasteiger partial charge in [0.05, 0.1) is 10.6 Å². The SMILES string of the molecule is CN1CCc2c(sc(N)c2C(=O)NCc2ccccc2)C1.Cl. The van der Waals surface area contributed by atoms with Gasteiger partial charge in [-0.3, -0.25) is 4.79 Å². The molecule has 0 saturated carbocycles. The van der Waals surface area contributed by atoms with Crippen LogP contribution in [0.3, 0.4) is 0 Å². The van der Waals surface area contributed by atoms with Gasteiger partial charge in [-0.25, -0.2) is 0 Å². The number of carbonyl (C=O) groups is 1. The number of thiophene rings is 1. The van der Waals surface area contributed by atoms with Gasteiger partial charge in [-0.05, 0) is 24.6 Å². The molecule has 118 valence electrons. The lowest BCUT2D eigenvalue weighted by atomic mass is 10.0. The maximum absolute atomic E-state index is 12.5. The van der Waals surface area contributed by atoms with Crippen LogP contribution in [0.1, 0.15) is 26.4 Å². The molecule has 3 N–H and O–H groups in total. The molecule has 2 heterocycles. The first-order valence-electron chi connectivity index (χ1n) is 7.06. The number of benzene rings is 1. The molecular formula is C16H20ClN3OS. The van der Waals surface area contributed by atoms with Crippen LogP contribution in [0.15, 0.2) is 30.3 Å². The number of likely N-dealkylation sites (N-methyl/N-ethyl adjacent to an activating group) is 1. The molecule has 2 aromatic rings. The zero-order valence-electron chi connectivity index (χ0n) is 12.5. The minimum atomic E-state index is -0.0570. The van der Waals surface area contributed by atoms with Gasteiger partial charge < -0.3 is 16.0 Å². The summed E-state index contributed by atoms with van der Waals surface area (Å²) in [4.78, 5) is 15.9. The molecule has 1 aliphatic heterocycles. The first-order valence-corrected chi connectivity index (χ1v) is 7.87. The van der Waals surface area contributed by atoms with E-state index in [4.69, 9.17) is 5.73 Å². The Labute approximate surface area is 140 Å². The molecule has 0 fully saturated rings. The summed E-state index contributed by atoms with van der Waals surface area (Å²) in [5.41, 5.74) is 9.00. The number of halogens is 1. The number of amides is 1. The van der Waals surface area contributed by atoms with Gasteiger partial charge in [0.15, 0.2) is 0 Å². The summed E-state index contributed by atoms with van der Waals surface area (Å²) in [7, 11) is 2.09. The van der Waals surface area contributed by atoms with Crippen molar-refractivity contribution in [1.29, 1.82) is 0 Å². The maximum Gasteiger partial charge on any atom is 0.254 e. The van der Waals surface area contributed by atoms with E-state index < -0.39 is 0 Å². The molecule has 3 rings (SSSR count). The Morgan fingerprint density at radius 3 is 2.82 bits per heavy atom. The third-order valence-electron chi connectivity index (χ3n) is 3.80. The highest BCUT2D eigenvalue weighted by Gasteiger charge is 2.25. The van der Waals surface area contributed by atoms with Crippen LogP contribution in [0.2, 0.25) is 0 Å². The van der Waals surface area contributed by atoms with Crippen molar-refractivity contribution < 1.29 is 4.79 Å². The second kappa shape index (κ2) is 7.13. The molecule has 0 unspecified atom stereocenters. The van der Waals surface area contributed by atoms with Crippen molar-refractivity contribution in [3.63, 3.8) is 0 Å². The van der Waals surface area contributed by atoms with Gasteiger partial charge in [-0.1, -0.05) is 30.3 Å². The zero-order chi connectivity index (χ0) is 14.8. The summed E-state index contributed by atoms with van der Waals surface area (Å²) in [6.45, 7) is 2.39. The molecule has 4 nitrogen and oxygen atoms in total. The van der Waals surface area contributed by atoms with Crippen LogP contribution in [0.4, 0.5) is 5.00 Å². The van der Waals surface area contributed by atoms with Crippen molar-refractivity contribution in [2.75, 3.05) is 19.3 Å². The van der Waals surface area contributed by atoms with Crippen LogP contribution < -0.4 is 11.1 Å². The van der Waals surface area contributed by atoms with E-state index in [9.17, 15) is 4.79 Å². The highest BCUT2D eigenvalue weighted by Crippen LogP contribution is 2.34. The highest BCUT2D eigenvalue weighted by molar-refractivity contribution is 7.16. The van der Waals surface area contributed by atoms with Gasteiger partial charge in [0, 0.05) is 24.5 Å². The first kappa shape index (κ1) is 16.8. The standard InChI is InChI=1S/C16H19N3OS.ClH/c1-19-8-7-12-13(10-19)21-15(17)14(12)16(20)18-9-11-5-3-2-4-6-11;/h2-6H,7-10,17H2,1H3,(H,18,20);1H. The van der Waals surface area contributed by atoms with E-state index in [1.165, 1.54) is 4.88 Å². The largest absolute Gasteiger partial charge is 0.390 e. The van der Waals surface area contributed by atoms with Crippen LogP contribution in [0.25, 0.3) is 0 Å². The third-order valence-corrected chi connectivity index (χ3v) is 4.84. The summed E-state index contributed by atoms with van der Waals surface area (Å²) >= 11 is 1.55. The Morgan fingerprint density at radius 1 is 1.36 bits per heavy atom. The molecule has 0 radical (unpaired) electrons. The van der Waals surface area contributed by atoms with Crippen molar-refractivity contribution >= 4 is 34.7 Å². The van der Waals surface area contributed by atoms with E-state index in [0.717, 1.165) is 30.6 Å². The number of rotatable bonds is 3. The predicted octanol–water partition coefficient (Wildman–Crippen LogP) is 2.67. The number of nitrogens with zero attached hydrogens (tertiary/aromatic N) is 1. The number of nitrogens with two attached hydrogens (primary N) is 1. The Kier molecular flexibility index (Phi) is 5.45. The number of fused-ring (bicyclic) bond motifs is 1. The average Bonchev–Trinajstić information content (AvgIpc) is 2.81. The molecule has 0 atom stereocenters. The van der Waals surface area contributed by atoms with Crippen LogP contribution >= 0.6 is 23.7 Å². The van der Waals surface area contributed by atoms with Gasteiger partial charge in [0.1, 0.15) is 0 Å². The van der Waals surface area contributed by atoms with Crippen LogP contribution in [-0.4, -0.2) is 24.4 Å². The van der Waals surface area contributed by atoms with E-state index >= 15 is 0 Å². The monoisotopic (exact) mass is 337 g/mol. The lowest BCUT2D eigenvalue weighted by molar-refractivity contribution is 0.0950. The van der Waals surface area contributed by atoms with Crippen LogP contribution in [0.5, 0.6) is 0 Å². The first-order chi connectivity index (χ1) is 10.1. The molecule has 1 amide bonds. The van der Waals surface area contributed by atoms with E-state index in [1.807, 2.05) is 30.3 Å². The topological polar surface area (TPSA) is 58.4 Å². The van der Waals surface area contributed by atoms with Crippen molar-refractivity contribution in [2.24, 2.45) is 0 Å². The smallest absolute Gasteiger partial charge is 0.254 e. The Morgan fingerprint density at radius 2 is 2.09 bits per heavy atom. The molecule has 0 bridgehead atoms. The molecular weight excluding hydrogens is 318 g/mol. The molecule has 1 aromatic carbocycles. The van der Waals surface area contributed by atoms with Crippen LogP contribution in [-0.2, 0) is 19.5 Å². The summed E-state index contributed by atoms with van der Waals surface area (Å²) in [6.07, 6.45) is 0.896. The lowest BCUT2D eigenvalue weighted by Crippen LogP contribution is -2.28. The van der Waals surface area contributed by atoms with Crippen LogP contribution in [0, 0.1) is 0 Å². The van der Waals surface area contributed by atoms with Crippen molar-refractivity contribution in [3.05, 3.63) is 51.9 Å². The van der Waals surface area contributed by atoms with E-state index in [-0.39, 0.29) is 18.3 Å². The quantitative estimate of drug-likeness (QED) is 0.905. The Bertz CT molecular complexity index is 657. The third kappa shape index (κ3) is 3.43. The zero-order valence-corrected chi connectivity index (χ0v) is 14.1. The fourth-order valence-corrected chi connectivity index (χ4v) is 3.86. The summed E-state index contributed by atoms with van der Waals surface area (Å²) in [5.74, 6) is -0.0570. The van der Waals surface area contributed by atoms with Gasteiger partial charge in [0.2, 0.25) is 0 Å². The fraction of sp³-hybridized carbons (Fsp3) is 0.312. The molecule has 1 aromatic heterocycles. The number of anilines is 1. The molecule has 6 heteroatoms. The minimum Gasteiger partial charge on any atom is -0.390 e. The van der Waals surface area contributed by atoms with Gasteiger partial charge in [0.25, 0.3) is 5.91 Å². The summed E-state index contributed by atoms with van der Waals surface area (Å²) < 4.78 is 0. The van der Waals surface area contributed by atoms with Crippen molar-refractivity contribution in [2.45, 2.75) is 19.5 Å². The average molecular weight is 338 g/mol. The van der Waals surface area contributed by atoms with Gasteiger partial charge >= 0.3 is 0 Å². The maximum atomic E-state index is 12.5. The molecule has 0 aliphatic carbocycles. The highest BCUT2D eigenvalue weighted by atomic mass is 35.5. The van der Waals surface area contributed by atoms with Crippen molar-refractivity contribution in [1.82, 2.24) is 10.2 Å². The summed E-state index contributed by atoms with van der Waals surface area (Å²) in [5, 5.41) is 3.62. The van der Waals surface area contributed by atoms with Crippen molar-refractivity contribution in [3.8, 4) is 0 Å². The Balaban J connectivity index is 0.00000176. The number of carbonyl (C=O) groups excluding carboxylic acids is 1. The van der Waals surface area contributed by atoms with E-state index in [1.54, 1.807) is 11.3 Å². The van der Waals surface area contributed by atoms with Gasteiger partial charge in [-0.2, -0.15) is 0 Å². The molecule has 0 saturated heterocycles. The normalized spacial score (nSPS) is 14.0. The fourth-order valence-electron chi connectivity index (χ4n) is 2.67. The molecule has 22 heavy (non-hydrogen) atoms.